The molecule has 8 heteroatoms. The number of aromatic carboxylic acids is 1. The van der Waals surface area contributed by atoms with Gasteiger partial charge in [-0.25, -0.2) is 4.79 Å². The van der Waals surface area contributed by atoms with Crippen molar-refractivity contribution >= 4 is 33.4 Å². The second kappa shape index (κ2) is 5.48. The number of thiophene rings is 1. The van der Waals surface area contributed by atoms with Gasteiger partial charge in [0.15, 0.2) is 0 Å². The summed E-state index contributed by atoms with van der Waals surface area (Å²) in [6.07, 6.45) is 3.72. The number of hydrogen-bond donors (Lipinski definition) is 2. The molecule has 24 heavy (non-hydrogen) atoms. The van der Waals surface area contributed by atoms with E-state index in [1.54, 1.807) is 22.3 Å². The van der Waals surface area contributed by atoms with Crippen LogP contribution in [0.5, 0.6) is 0 Å². The molecule has 2 N–H and O–H groups in total. The molecule has 0 spiro atoms. The zero-order valence-corrected chi connectivity index (χ0v) is 13.8. The molecule has 1 amide bonds. The maximum Gasteiger partial charge on any atom is 0.338 e. The van der Waals surface area contributed by atoms with Gasteiger partial charge in [0, 0.05) is 24.7 Å². The van der Waals surface area contributed by atoms with Gasteiger partial charge in [-0.3, -0.25) is 9.48 Å². The monoisotopic (exact) mass is 344 g/mol. The van der Waals surface area contributed by atoms with Gasteiger partial charge in [0.2, 0.25) is 0 Å². The molecule has 3 heterocycles. The van der Waals surface area contributed by atoms with Crippen LogP contribution in [0.4, 0.5) is 0 Å². The van der Waals surface area contributed by atoms with E-state index in [4.69, 9.17) is 0 Å². The second-order valence-electron chi connectivity index (χ2n) is 5.99. The molecule has 3 aromatic heterocycles. The number of amides is 1. The summed E-state index contributed by atoms with van der Waals surface area (Å²) in [4.78, 5) is 29.0. The van der Waals surface area contributed by atoms with Crippen molar-refractivity contribution in [1.29, 1.82) is 0 Å². The smallest absolute Gasteiger partial charge is 0.338 e. The number of fused-ring (bicyclic) bond motifs is 1. The molecule has 0 bridgehead atoms. The van der Waals surface area contributed by atoms with Gasteiger partial charge in [0.05, 0.1) is 28.0 Å². The first-order valence-electron chi connectivity index (χ1n) is 7.66. The fraction of sp³-hybridized carbons (Fsp3) is 0.312. The number of carboxylic acid groups (broad SMARTS) is 1. The number of carbonyl (C=O) groups excluding carboxylic acids is 1. The van der Waals surface area contributed by atoms with Crippen molar-refractivity contribution in [2.24, 2.45) is 7.05 Å². The fourth-order valence-corrected chi connectivity index (χ4v) is 3.75. The van der Waals surface area contributed by atoms with E-state index in [0.29, 0.717) is 17.8 Å². The number of rotatable bonds is 5. The van der Waals surface area contributed by atoms with Gasteiger partial charge in [0.25, 0.3) is 5.91 Å². The van der Waals surface area contributed by atoms with Crippen LogP contribution >= 0.6 is 11.3 Å². The Hall–Kier alpha value is -2.61. The van der Waals surface area contributed by atoms with E-state index < -0.39 is 5.97 Å². The average Bonchev–Trinajstić information content (AvgIpc) is 2.98. The minimum Gasteiger partial charge on any atom is -0.478 e. The number of hydrogen-bond acceptors (Lipinski definition) is 4. The topological polar surface area (TPSA) is 91.2 Å². The Morgan fingerprint density at radius 1 is 1.50 bits per heavy atom. The predicted octanol–water partition coefficient (Wildman–Crippen LogP) is 2.47. The molecule has 7 nitrogen and oxygen atoms in total. The highest BCUT2D eigenvalue weighted by molar-refractivity contribution is 7.17. The minimum absolute atomic E-state index is 0.0987. The molecule has 4 rings (SSSR count). The first-order chi connectivity index (χ1) is 11.5. The van der Waals surface area contributed by atoms with Crippen LogP contribution in [0.1, 0.15) is 39.4 Å². The van der Waals surface area contributed by atoms with Crippen LogP contribution in [0.3, 0.4) is 0 Å². The molecule has 0 aliphatic heterocycles. The lowest BCUT2D eigenvalue weighted by molar-refractivity contribution is 0.0694. The Bertz CT molecular complexity index is 934. The van der Waals surface area contributed by atoms with Crippen molar-refractivity contribution in [2.45, 2.75) is 25.4 Å². The van der Waals surface area contributed by atoms with Crippen LogP contribution in [0.15, 0.2) is 23.7 Å². The highest BCUT2D eigenvalue weighted by Gasteiger charge is 2.34. The standard InChI is InChI=1S/C16H16N4O3S/c1-19-10(4-5-17-19)7-20(9-2-3-9)15(21)12-6-13-14(18-12)11(8-24-13)16(22)23/h4-6,8-9,18H,2-3,7H2,1H3,(H,22,23). The van der Waals surface area contributed by atoms with Gasteiger partial charge in [-0.1, -0.05) is 0 Å². The van der Waals surface area contributed by atoms with Gasteiger partial charge < -0.3 is 15.0 Å². The molecular weight excluding hydrogens is 328 g/mol. The summed E-state index contributed by atoms with van der Waals surface area (Å²) < 4.78 is 2.55. The second-order valence-corrected chi connectivity index (χ2v) is 6.90. The number of carboxylic acids is 1. The van der Waals surface area contributed by atoms with Crippen molar-refractivity contribution in [3.63, 3.8) is 0 Å². The number of aryl methyl sites for hydroxylation is 1. The van der Waals surface area contributed by atoms with Crippen molar-refractivity contribution < 1.29 is 14.7 Å². The van der Waals surface area contributed by atoms with Crippen molar-refractivity contribution in [3.05, 3.63) is 40.7 Å². The molecule has 0 radical (unpaired) electrons. The summed E-state index contributed by atoms with van der Waals surface area (Å²) in [5.41, 5.74) is 2.13. The lowest BCUT2D eigenvalue weighted by Gasteiger charge is -2.21. The first kappa shape index (κ1) is 14.9. The average molecular weight is 344 g/mol. The van der Waals surface area contributed by atoms with Gasteiger partial charge in [-0.05, 0) is 25.0 Å². The normalized spacial score (nSPS) is 14.2. The fourth-order valence-electron chi connectivity index (χ4n) is 2.82. The number of aromatic nitrogens is 3. The maximum atomic E-state index is 12.9. The van der Waals surface area contributed by atoms with Crippen molar-refractivity contribution in [1.82, 2.24) is 19.7 Å². The van der Waals surface area contributed by atoms with Crippen molar-refractivity contribution in [2.75, 3.05) is 0 Å². The molecule has 1 aliphatic rings. The zero-order chi connectivity index (χ0) is 16.8. The third kappa shape index (κ3) is 2.48. The number of nitrogens with one attached hydrogen (secondary N) is 1. The van der Waals surface area contributed by atoms with Crippen LogP contribution in [-0.2, 0) is 13.6 Å². The minimum atomic E-state index is -0.990. The number of nitrogens with zero attached hydrogens (tertiary/aromatic N) is 3. The number of carbonyl (C=O) groups is 2. The number of aromatic amines is 1. The van der Waals surface area contributed by atoms with Crippen LogP contribution in [-0.4, -0.2) is 42.7 Å². The molecule has 0 saturated heterocycles. The maximum absolute atomic E-state index is 12.9. The predicted molar refractivity (Wildman–Crippen MR) is 89.2 cm³/mol. The van der Waals surface area contributed by atoms with E-state index in [1.165, 1.54) is 11.3 Å². The SMILES string of the molecule is Cn1nccc1CN(C(=O)c1cc2scc(C(=O)O)c2[nH]1)C1CC1. The molecule has 0 atom stereocenters. The van der Waals surface area contributed by atoms with Gasteiger partial charge in [-0.15, -0.1) is 11.3 Å². The molecular formula is C16H16N4O3S. The molecule has 3 aromatic rings. The van der Waals surface area contributed by atoms with E-state index in [0.717, 1.165) is 23.2 Å². The van der Waals surface area contributed by atoms with Crippen LogP contribution in [0, 0.1) is 0 Å². The number of H-pyrrole nitrogens is 1. The van der Waals surface area contributed by atoms with Gasteiger partial charge in [-0.2, -0.15) is 5.10 Å². The quantitative estimate of drug-likeness (QED) is 0.744. The lowest BCUT2D eigenvalue weighted by Crippen LogP contribution is -2.33. The third-order valence-electron chi connectivity index (χ3n) is 4.32. The van der Waals surface area contributed by atoms with Crippen LogP contribution < -0.4 is 0 Å². The summed E-state index contributed by atoms with van der Waals surface area (Å²) in [7, 11) is 1.86. The molecule has 1 aliphatic carbocycles. The van der Waals surface area contributed by atoms with E-state index >= 15 is 0 Å². The molecule has 0 aromatic carbocycles. The van der Waals surface area contributed by atoms with Crippen LogP contribution in [0.2, 0.25) is 0 Å². The van der Waals surface area contributed by atoms with Crippen molar-refractivity contribution in [3.8, 4) is 0 Å². The highest BCUT2D eigenvalue weighted by Crippen LogP contribution is 2.32. The van der Waals surface area contributed by atoms with Gasteiger partial charge >= 0.3 is 5.97 Å². The van der Waals surface area contributed by atoms with Crippen LogP contribution in [0.25, 0.3) is 10.2 Å². The summed E-state index contributed by atoms with van der Waals surface area (Å²) in [5.74, 6) is -1.09. The Balaban J connectivity index is 1.65. The molecule has 124 valence electrons. The Labute approximate surface area is 141 Å². The molecule has 1 saturated carbocycles. The van der Waals surface area contributed by atoms with E-state index in [9.17, 15) is 14.7 Å². The molecule has 0 unspecified atom stereocenters. The first-order valence-corrected chi connectivity index (χ1v) is 8.54. The molecule has 1 fully saturated rings. The summed E-state index contributed by atoms with van der Waals surface area (Å²) in [6.45, 7) is 0.498. The van der Waals surface area contributed by atoms with E-state index in [2.05, 4.69) is 10.1 Å². The Kier molecular flexibility index (Phi) is 3.42. The summed E-state index contributed by atoms with van der Waals surface area (Å²) in [5, 5.41) is 14.9. The highest BCUT2D eigenvalue weighted by atomic mass is 32.1. The Morgan fingerprint density at radius 2 is 2.29 bits per heavy atom. The van der Waals surface area contributed by atoms with Gasteiger partial charge in [0.1, 0.15) is 5.69 Å². The largest absolute Gasteiger partial charge is 0.478 e. The summed E-state index contributed by atoms with van der Waals surface area (Å²) in [6, 6.07) is 3.89. The summed E-state index contributed by atoms with van der Waals surface area (Å²) >= 11 is 1.33. The Morgan fingerprint density at radius 3 is 2.92 bits per heavy atom. The third-order valence-corrected chi connectivity index (χ3v) is 5.25. The van der Waals surface area contributed by atoms with E-state index in [1.807, 2.05) is 18.0 Å². The zero-order valence-electron chi connectivity index (χ0n) is 13.0. The lowest BCUT2D eigenvalue weighted by atomic mass is 10.3. The van der Waals surface area contributed by atoms with E-state index in [-0.39, 0.29) is 17.5 Å².